The van der Waals surface area contributed by atoms with Crippen LogP contribution in [0.5, 0.6) is 0 Å². The second-order valence-corrected chi connectivity index (χ2v) is 0. The van der Waals surface area contributed by atoms with E-state index >= 15 is 0 Å². The maximum atomic E-state index is 0. The molecule has 0 N–H and O–H groups in total. The van der Waals surface area contributed by atoms with Crippen molar-refractivity contribution in [2.75, 3.05) is 0 Å². The van der Waals surface area contributed by atoms with Gasteiger partial charge in [-0.05, 0) is 0 Å². The van der Waals surface area contributed by atoms with Crippen LogP contribution in [0.3, 0.4) is 0 Å². The number of rotatable bonds is 0. The molecule has 0 aromatic rings. The fourth-order valence-electron chi connectivity index (χ4n) is 0. The quantitative estimate of drug-likeness (QED) is 0.332. The van der Waals surface area contributed by atoms with Gasteiger partial charge >= 0.3 is 57.3 Å². The van der Waals surface area contributed by atoms with E-state index in [1.165, 1.54) is 0 Å². The normalized spacial score (nSPS) is 0. The van der Waals surface area contributed by atoms with E-state index in [0.717, 1.165) is 0 Å². The van der Waals surface area contributed by atoms with Gasteiger partial charge in [-0.25, -0.2) is 0 Å². The van der Waals surface area contributed by atoms with Crippen molar-refractivity contribution in [3.05, 3.63) is 0 Å². The summed E-state index contributed by atoms with van der Waals surface area (Å²) in [5, 5.41) is 0. The standard InChI is InChI=1S/7ClH.La.Ti/h7*1H;;/q;;;;;;;+3;+4/p-7. The minimum absolute atomic E-state index is 0. The first-order valence-corrected chi connectivity index (χ1v) is 0. The van der Waals surface area contributed by atoms with Gasteiger partial charge in [0.25, 0.3) is 0 Å². The summed E-state index contributed by atoms with van der Waals surface area (Å²) in [7, 11) is 0. The Hall–Kier alpha value is 3.94. The SMILES string of the molecule is [Cl-].[Cl-].[Cl-].[Cl-].[Cl-].[Cl-].[Cl-].[La+3].[Ti+4]. The molecule has 0 rings (SSSR count). The molecule has 0 unspecified atom stereocenters. The van der Waals surface area contributed by atoms with E-state index in [4.69, 9.17) is 0 Å². The van der Waals surface area contributed by atoms with Gasteiger partial charge in [0.1, 0.15) is 0 Å². The minimum atomic E-state index is 0. The van der Waals surface area contributed by atoms with Gasteiger partial charge in [0, 0.05) is 0 Å². The van der Waals surface area contributed by atoms with Crippen LogP contribution < -0.4 is 86.8 Å². The van der Waals surface area contributed by atoms with Crippen molar-refractivity contribution in [3.63, 3.8) is 0 Å². The molecular formula is Cl7LaTi. The van der Waals surface area contributed by atoms with Crippen molar-refractivity contribution in [1.82, 2.24) is 0 Å². The van der Waals surface area contributed by atoms with Gasteiger partial charge in [0.05, 0.1) is 0 Å². The van der Waals surface area contributed by atoms with Crippen LogP contribution in [-0.2, 0) is 21.7 Å². The molecule has 0 aromatic heterocycles. The average molecular weight is 435 g/mol. The zero-order chi connectivity index (χ0) is 0. The van der Waals surface area contributed by atoms with E-state index in [0.29, 0.717) is 0 Å². The molecule has 0 bridgehead atoms. The molecule has 9 heteroatoms. The van der Waals surface area contributed by atoms with Crippen LogP contribution in [0.2, 0.25) is 0 Å². The molecule has 0 amide bonds. The van der Waals surface area contributed by atoms with E-state index in [1.807, 2.05) is 0 Å². The van der Waals surface area contributed by atoms with E-state index in [-0.39, 0.29) is 144 Å². The van der Waals surface area contributed by atoms with Crippen molar-refractivity contribution in [2.24, 2.45) is 0 Å². The van der Waals surface area contributed by atoms with Crippen molar-refractivity contribution in [3.8, 4) is 0 Å². The van der Waals surface area contributed by atoms with Crippen molar-refractivity contribution >= 4 is 0 Å². The Morgan fingerprint density at radius 2 is 0.333 bits per heavy atom. The second kappa shape index (κ2) is 92.1. The zero-order valence-electron chi connectivity index (χ0n) is 3.72. The fourth-order valence-corrected chi connectivity index (χ4v) is 0. The predicted octanol–water partition coefficient (Wildman–Crippen LogP) is -21.0. The van der Waals surface area contributed by atoms with Crippen LogP contribution in [-0.4, -0.2) is 0 Å². The van der Waals surface area contributed by atoms with Gasteiger partial charge in [-0.1, -0.05) is 0 Å². The molecule has 56 valence electrons. The second-order valence-electron chi connectivity index (χ2n) is 0. The number of halogens is 7. The molecule has 0 radical (unpaired) electrons. The number of hydrogen-bond donors (Lipinski definition) is 0. The van der Waals surface area contributed by atoms with Crippen LogP contribution in [0.25, 0.3) is 0 Å². The first-order chi connectivity index (χ1) is 0. The topological polar surface area (TPSA) is 0 Å². The third kappa shape index (κ3) is 76.0. The Labute approximate surface area is 142 Å². The molecule has 0 nitrogen and oxygen atoms in total. The van der Waals surface area contributed by atoms with Crippen molar-refractivity contribution < 1.29 is 144 Å². The molecule has 0 spiro atoms. The molecule has 0 saturated carbocycles. The molecule has 0 aromatic carbocycles. The molecule has 0 atom stereocenters. The molecule has 9 heavy (non-hydrogen) atoms. The monoisotopic (exact) mass is 432 g/mol. The van der Waals surface area contributed by atoms with Crippen LogP contribution >= 0.6 is 0 Å². The summed E-state index contributed by atoms with van der Waals surface area (Å²) in [6.07, 6.45) is 0. The van der Waals surface area contributed by atoms with Crippen LogP contribution in [0, 0.1) is 35.6 Å². The Balaban J connectivity index is 0. The Morgan fingerprint density at radius 3 is 0.333 bits per heavy atom. The van der Waals surface area contributed by atoms with E-state index in [1.54, 1.807) is 0 Å². The summed E-state index contributed by atoms with van der Waals surface area (Å²) < 4.78 is 0. The average Bonchev–Trinajstić information content (AvgIpc) is 0. The maximum Gasteiger partial charge on any atom is 4.00 e. The van der Waals surface area contributed by atoms with Crippen LogP contribution in [0.1, 0.15) is 0 Å². The summed E-state index contributed by atoms with van der Waals surface area (Å²) in [5.41, 5.74) is 0. The van der Waals surface area contributed by atoms with Gasteiger partial charge in [-0.15, -0.1) is 0 Å². The Kier molecular flexibility index (Phi) is 1220. The molecule has 0 aliphatic rings. The van der Waals surface area contributed by atoms with Gasteiger partial charge in [0.2, 0.25) is 0 Å². The number of hydrogen-bond acceptors (Lipinski definition) is 0. The van der Waals surface area contributed by atoms with Crippen LogP contribution in [0.4, 0.5) is 0 Å². The summed E-state index contributed by atoms with van der Waals surface area (Å²) >= 11 is 0. The largest absolute Gasteiger partial charge is 4.00 e. The Morgan fingerprint density at radius 1 is 0.333 bits per heavy atom. The summed E-state index contributed by atoms with van der Waals surface area (Å²) in [6.45, 7) is 0. The van der Waals surface area contributed by atoms with Gasteiger partial charge in [-0.3, -0.25) is 0 Å². The molecule has 0 heterocycles. The molecular weight excluding hydrogens is 435 g/mol. The van der Waals surface area contributed by atoms with E-state index < -0.39 is 0 Å². The fraction of sp³-hybridized carbons (Fsp3) is 0. The van der Waals surface area contributed by atoms with Gasteiger partial charge in [-0.2, -0.15) is 0 Å². The minimum Gasteiger partial charge on any atom is -1.00 e. The maximum absolute atomic E-state index is 0. The first-order valence-electron chi connectivity index (χ1n) is 0. The third-order valence-electron chi connectivity index (χ3n) is 0. The summed E-state index contributed by atoms with van der Waals surface area (Å²) in [4.78, 5) is 0. The smallest absolute Gasteiger partial charge is 1.00 e. The van der Waals surface area contributed by atoms with Crippen molar-refractivity contribution in [1.29, 1.82) is 0 Å². The summed E-state index contributed by atoms with van der Waals surface area (Å²) in [5.74, 6) is 0. The third-order valence-corrected chi connectivity index (χ3v) is 0. The van der Waals surface area contributed by atoms with E-state index in [2.05, 4.69) is 0 Å². The molecule has 0 aliphatic heterocycles. The van der Waals surface area contributed by atoms with Crippen LogP contribution in [0.15, 0.2) is 0 Å². The molecule has 0 aliphatic carbocycles. The van der Waals surface area contributed by atoms with Gasteiger partial charge < -0.3 is 86.8 Å². The molecule has 0 saturated heterocycles. The molecule has 0 fully saturated rings. The van der Waals surface area contributed by atoms with E-state index in [9.17, 15) is 0 Å². The Bertz CT molecular complexity index is 8.88. The predicted molar refractivity (Wildman–Crippen MR) is 0 cm³/mol. The first kappa shape index (κ1) is 119. The zero-order valence-corrected chi connectivity index (χ0v) is 14.2. The summed E-state index contributed by atoms with van der Waals surface area (Å²) in [6, 6.07) is 0. The van der Waals surface area contributed by atoms with Crippen molar-refractivity contribution in [2.45, 2.75) is 0 Å². The van der Waals surface area contributed by atoms with Gasteiger partial charge in [0.15, 0.2) is 0 Å².